The summed E-state index contributed by atoms with van der Waals surface area (Å²) in [5.74, 6) is 0.240. The van der Waals surface area contributed by atoms with Gasteiger partial charge in [0.1, 0.15) is 0 Å². The van der Waals surface area contributed by atoms with Crippen LogP contribution in [0, 0.1) is 0 Å². The van der Waals surface area contributed by atoms with Crippen LogP contribution in [-0.4, -0.2) is 28.7 Å². The largest absolute Gasteiger partial charge is 0.341 e. The van der Waals surface area contributed by atoms with E-state index < -0.39 is 0 Å². The predicted molar refractivity (Wildman–Crippen MR) is 75.8 cm³/mol. The van der Waals surface area contributed by atoms with Crippen molar-refractivity contribution in [1.29, 1.82) is 0 Å². The number of carbonyl (C=O) groups excluding carboxylic acids is 1. The minimum Gasteiger partial charge on any atom is -0.341 e. The second-order valence-corrected chi connectivity index (χ2v) is 6.84. The van der Waals surface area contributed by atoms with Gasteiger partial charge >= 0.3 is 0 Å². The molecule has 1 heterocycles. The molecule has 1 saturated carbocycles. The Morgan fingerprint density at radius 1 is 1.53 bits per heavy atom. The van der Waals surface area contributed by atoms with Crippen molar-refractivity contribution in [3.8, 4) is 0 Å². The number of hydrogen-bond donors (Lipinski definition) is 0. The van der Waals surface area contributed by atoms with Gasteiger partial charge in [-0.2, -0.15) is 0 Å². The summed E-state index contributed by atoms with van der Waals surface area (Å²) in [7, 11) is 1.94. The zero-order valence-electron chi connectivity index (χ0n) is 10.1. The van der Waals surface area contributed by atoms with Gasteiger partial charge in [0.25, 0.3) is 0 Å². The monoisotopic (exact) mass is 315 g/mol. The number of alkyl halides is 1. The van der Waals surface area contributed by atoms with E-state index in [2.05, 4.69) is 15.9 Å². The Morgan fingerprint density at radius 2 is 2.29 bits per heavy atom. The molecule has 1 amide bonds. The Bertz CT molecular complexity index is 366. The van der Waals surface area contributed by atoms with Gasteiger partial charge in [0.2, 0.25) is 5.91 Å². The first-order chi connectivity index (χ1) is 8.18. The van der Waals surface area contributed by atoms with Crippen LogP contribution in [0.3, 0.4) is 0 Å². The lowest BCUT2D eigenvalue weighted by molar-refractivity contribution is -0.131. The summed E-state index contributed by atoms with van der Waals surface area (Å²) in [5, 5.41) is 2.02. The minimum atomic E-state index is 0.240. The first-order valence-electron chi connectivity index (χ1n) is 6.10. The standard InChI is InChI=1S/C13H18BrNOS/c1-15(12-7-3-2-6-11(12)14)13(16)9-10-5-4-8-17-10/h4-5,8,11-12H,2-3,6-7,9H2,1H3. The molecule has 94 valence electrons. The number of amides is 1. The van der Waals surface area contributed by atoms with Crippen molar-refractivity contribution in [3.63, 3.8) is 0 Å². The molecule has 2 unspecified atom stereocenters. The number of hydrogen-bond acceptors (Lipinski definition) is 2. The molecule has 1 aliphatic carbocycles. The molecule has 1 fully saturated rings. The highest BCUT2D eigenvalue weighted by Gasteiger charge is 2.28. The summed E-state index contributed by atoms with van der Waals surface area (Å²) in [4.78, 5) is 15.7. The maximum atomic E-state index is 12.2. The van der Waals surface area contributed by atoms with Crippen molar-refractivity contribution in [1.82, 2.24) is 4.90 Å². The molecule has 1 aromatic heterocycles. The van der Waals surface area contributed by atoms with E-state index in [1.807, 2.05) is 29.5 Å². The molecule has 2 rings (SSSR count). The Hall–Kier alpha value is -0.350. The summed E-state index contributed by atoms with van der Waals surface area (Å²) >= 11 is 5.37. The molecule has 1 aromatic rings. The van der Waals surface area contributed by atoms with Crippen molar-refractivity contribution in [2.45, 2.75) is 43.0 Å². The van der Waals surface area contributed by atoms with Crippen LogP contribution in [0.2, 0.25) is 0 Å². The third kappa shape index (κ3) is 3.32. The van der Waals surface area contributed by atoms with Gasteiger partial charge in [-0.1, -0.05) is 34.8 Å². The lowest BCUT2D eigenvalue weighted by atomic mass is 9.94. The first-order valence-corrected chi connectivity index (χ1v) is 7.90. The molecule has 0 N–H and O–H groups in total. The third-order valence-corrected chi connectivity index (χ3v) is 5.39. The van der Waals surface area contributed by atoms with Crippen LogP contribution < -0.4 is 0 Å². The zero-order valence-corrected chi connectivity index (χ0v) is 12.5. The minimum absolute atomic E-state index is 0.240. The second kappa shape index (κ2) is 6.01. The van der Waals surface area contributed by atoms with Gasteiger partial charge in [-0.25, -0.2) is 0 Å². The van der Waals surface area contributed by atoms with Crippen molar-refractivity contribution in [3.05, 3.63) is 22.4 Å². The number of halogens is 1. The highest BCUT2D eigenvalue weighted by Crippen LogP contribution is 2.28. The summed E-state index contributed by atoms with van der Waals surface area (Å²) in [6.45, 7) is 0. The van der Waals surface area contributed by atoms with Crippen LogP contribution in [0.15, 0.2) is 17.5 Å². The Morgan fingerprint density at radius 3 is 2.94 bits per heavy atom. The number of thiophene rings is 1. The van der Waals surface area contributed by atoms with Crippen molar-refractivity contribution < 1.29 is 4.79 Å². The Kier molecular flexibility index (Phi) is 4.62. The summed E-state index contributed by atoms with van der Waals surface area (Å²) in [6, 6.07) is 4.40. The molecule has 17 heavy (non-hydrogen) atoms. The maximum Gasteiger partial charge on any atom is 0.227 e. The Labute approximate surface area is 115 Å². The fraction of sp³-hybridized carbons (Fsp3) is 0.615. The SMILES string of the molecule is CN(C(=O)Cc1cccs1)C1CCCCC1Br. The van der Waals surface area contributed by atoms with Crippen LogP contribution in [0.25, 0.3) is 0 Å². The molecule has 1 aliphatic rings. The van der Waals surface area contributed by atoms with Crippen LogP contribution >= 0.6 is 27.3 Å². The van der Waals surface area contributed by atoms with Gasteiger partial charge in [-0.3, -0.25) is 4.79 Å². The number of rotatable bonds is 3. The molecule has 2 nitrogen and oxygen atoms in total. The zero-order chi connectivity index (χ0) is 12.3. The quantitative estimate of drug-likeness (QED) is 0.782. The molecule has 0 saturated heterocycles. The average Bonchev–Trinajstić information content (AvgIpc) is 2.81. The molecule has 0 aromatic carbocycles. The predicted octanol–water partition coefficient (Wildman–Crippen LogP) is 3.46. The number of likely N-dealkylation sites (N-methyl/N-ethyl adjacent to an activating group) is 1. The molecule has 0 radical (unpaired) electrons. The second-order valence-electron chi connectivity index (χ2n) is 4.63. The highest BCUT2D eigenvalue weighted by atomic mass is 79.9. The van der Waals surface area contributed by atoms with E-state index in [9.17, 15) is 4.79 Å². The molecular formula is C13H18BrNOS. The fourth-order valence-corrected chi connectivity index (χ4v) is 4.01. The van der Waals surface area contributed by atoms with E-state index in [0.29, 0.717) is 17.3 Å². The summed E-state index contributed by atoms with van der Waals surface area (Å²) < 4.78 is 0. The summed E-state index contributed by atoms with van der Waals surface area (Å²) in [5.41, 5.74) is 0. The molecule has 2 atom stereocenters. The van der Waals surface area contributed by atoms with E-state index in [1.165, 1.54) is 19.3 Å². The highest BCUT2D eigenvalue weighted by molar-refractivity contribution is 9.09. The molecule has 0 aliphatic heterocycles. The lowest BCUT2D eigenvalue weighted by Gasteiger charge is -2.35. The van der Waals surface area contributed by atoms with Crippen LogP contribution in [-0.2, 0) is 11.2 Å². The smallest absolute Gasteiger partial charge is 0.227 e. The van der Waals surface area contributed by atoms with E-state index >= 15 is 0 Å². The number of carbonyl (C=O) groups is 1. The van der Waals surface area contributed by atoms with Gasteiger partial charge in [0.15, 0.2) is 0 Å². The molecule has 0 spiro atoms. The molecule has 4 heteroatoms. The van der Waals surface area contributed by atoms with Crippen molar-refractivity contribution in [2.24, 2.45) is 0 Å². The van der Waals surface area contributed by atoms with Gasteiger partial charge in [0, 0.05) is 22.8 Å². The van der Waals surface area contributed by atoms with Gasteiger partial charge in [-0.15, -0.1) is 11.3 Å². The maximum absolute atomic E-state index is 12.2. The van der Waals surface area contributed by atoms with Crippen molar-refractivity contribution >= 4 is 33.2 Å². The average molecular weight is 316 g/mol. The van der Waals surface area contributed by atoms with E-state index in [-0.39, 0.29) is 5.91 Å². The van der Waals surface area contributed by atoms with Crippen LogP contribution in [0.1, 0.15) is 30.6 Å². The topological polar surface area (TPSA) is 20.3 Å². The van der Waals surface area contributed by atoms with Gasteiger partial charge in [-0.05, 0) is 24.3 Å². The van der Waals surface area contributed by atoms with Crippen molar-refractivity contribution in [2.75, 3.05) is 7.05 Å². The van der Waals surface area contributed by atoms with Gasteiger partial charge < -0.3 is 4.90 Å². The van der Waals surface area contributed by atoms with Crippen LogP contribution in [0.4, 0.5) is 0 Å². The fourth-order valence-electron chi connectivity index (χ4n) is 2.37. The molecular weight excluding hydrogens is 298 g/mol. The van der Waals surface area contributed by atoms with E-state index in [4.69, 9.17) is 0 Å². The van der Waals surface area contributed by atoms with E-state index in [1.54, 1.807) is 11.3 Å². The number of nitrogens with zero attached hydrogens (tertiary/aromatic N) is 1. The molecule has 0 bridgehead atoms. The Balaban J connectivity index is 1.94. The van der Waals surface area contributed by atoms with Crippen LogP contribution in [0.5, 0.6) is 0 Å². The third-order valence-electron chi connectivity index (χ3n) is 3.44. The van der Waals surface area contributed by atoms with Gasteiger partial charge in [0.05, 0.1) is 6.42 Å². The first kappa shape index (κ1) is 13.1. The lowest BCUT2D eigenvalue weighted by Crippen LogP contribution is -2.44. The van der Waals surface area contributed by atoms with E-state index in [0.717, 1.165) is 11.3 Å². The normalized spacial score (nSPS) is 24.6. The summed E-state index contributed by atoms with van der Waals surface area (Å²) in [6.07, 6.45) is 5.37.